The van der Waals surface area contributed by atoms with E-state index in [9.17, 15) is 14.0 Å². The standard InChI is InChI=1S/C11H11ClFNO4/c12-8-5-7(13)1-2-9(8)18-6-10(15)14-4-3-11(16)17/h1-2,5H,3-4,6H2,(H,14,15)(H,16,17). The molecule has 0 saturated heterocycles. The van der Waals surface area contributed by atoms with Crippen LogP contribution < -0.4 is 10.1 Å². The van der Waals surface area contributed by atoms with Crippen molar-refractivity contribution in [2.45, 2.75) is 6.42 Å². The highest BCUT2D eigenvalue weighted by Crippen LogP contribution is 2.24. The van der Waals surface area contributed by atoms with E-state index in [0.29, 0.717) is 0 Å². The van der Waals surface area contributed by atoms with Crippen LogP contribution in [-0.4, -0.2) is 30.1 Å². The molecule has 0 bridgehead atoms. The molecule has 1 rings (SSSR count). The van der Waals surface area contributed by atoms with Crippen molar-refractivity contribution < 1.29 is 23.8 Å². The van der Waals surface area contributed by atoms with Gasteiger partial charge in [-0.1, -0.05) is 11.6 Å². The normalized spacial score (nSPS) is 9.89. The lowest BCUT2D eigenvalue weighted by Crippen LogP contribution is -2.30. The van der Waals surface area contributed by atoms with Gasteiger partial charge in [0.1, 0.15) is 11.6 Å². The Hall–Kier alpha value is -1.82. The highest BCUT2D eigenvalue weighted by molar-refractivity contribution is 6.32. The molecule has 98 valence electrons. The quantitative estimate of drug-likeness (QED) is 0.824. The molecule has 7 heteroatoms. The number of hydrogen-bond acceptors (Lipinski definition) is 3. The van der Waals surface area contributed by atoms with Crippen molar-refractivity contribution in [2.24, 2.45) is 0 Å². The predicted octanol–water partition coefficient (Wildman–Crippen LogP) is 1.45. The number of ether oxygens (including phenoxy) is 1. The van der Waals surface area contributed by atoms with E-state index in [1.807, 2.05) is 0 Å². The number of amides is 1. The Labute approximate surface area is 108 Å². The van der Waals surface area contributed by atoms with Crippen LogP contribution in [0.25, 0.3) is 0 Å². The number of carbonyl (C=O) groups excluding carboxylic acids is 1. The molecule has 18 heavy (non-hydrogen) atoms. The third-order valence-corrected chi connectivity index (χ3v) is 2.21. The van der Waals surface area contributed by atoms with E-state index < -0.39 is 17.7 Å². The second kappa shape index (κ2) is 6.80. The third kappa shape index (κ3) is 5.01. The number of halogens is 2. The van der Waals surface area contributed by atoms with Crippen LogP contribution in [0.3, 0.4) is 0 Å². The van der Waals surface area contributed by atoms with Crippen LogP contribution in [0.15, 0.2) is 18.2 Å². The molecule has 1 aromatic carbocycles. The van der Waals surface area contributed by atoms with Gasteiger partial charge in [-0.25, -0.2) is 4.39 Å². The van der Waals surface area contributed by atoms with Crippen LogP contribution in [0.4, 0.5) is 4.39 Å². The number of nitrogens with one attached hydrogen (secondary N) is 1. The van der Waals surface area contributed by atoms with E-state index in [2.05, 4.69) is 5.32 Å². The summed E-state index contributed by atoms with van der Waals surface area (Å²) in [5, 5.41) is 10.8. The van der Waals surface area contributed by atoms with Crippen LogP contribution >= 0.6 is 11.6 Å². The van der Waals surface area contributed by atoms with Crippen molar-refractivity contribution in [3.05, 3.63) is 29.0 Å². The second-order valence-corrected chi connectivity index (χ2v) is 3.76. The molecule has 2 N–H and O–H groups in total. The number of aliphatic carboxylic acids is 1. The topological polar surface area (TPSA) is 75.6 Å². The van der Waals surface area contributed by atoms with Gasteiger partial charge < -0.3 is 15.2 Å². The summed E-state index contributed by atoms with van der Waals surface area (Å²) in [6.07, 6.45) is -0.164. The Kier molecular flexibility index (Phi) is 5.38. The molecule has 5 nitrogen and oxygen atoms in total. The molecule has 1 amide bonds. The van der Waals surface area contributed by atoms with Gasteiger partial charge in [-0.15, -0.1) is 0 Å². The molecule has 0 aromatic heterocycles. The molecule has 0 spiro atoms. The van der Waals surface area contributed by atoms with Gasteiger partial charge in [0.15, 0.2) is 6.61 Å². The van der Waals surface area contributed by atoms with Gasteiger partial charge in [0, 0.05) is 6.54 Å². The zero-order valence-corrected chi connectivity index (χ0v) is 10.0. The van der Waals surface area contributed by atoms with Crippen molar-refractivity contribution in [3.63, 3.8) is 0 Å². The molecule has 1 aromatic rings. The second-order valence-electron chi connectivity index (χ2n) is 3.36. The first-order valence-electron chi connectivity index (χ1n) is 5.05. The smallest absolute Gasteiger partial charge is 0.305 e. The summed E-state index contributed by atoms with van der Waals surface area (Å²) < 4.78 is 17.8. The summed E-state index contributed by atoms with van der Waals surface area (Å²) in [4.78, 5) is 21.4. The molecule has 0 saturated carbocycles. The number of carboxylic acids is 1. The van der Waals surface area contributed by atoms with Crippen LogP contribution in [0.5, 0.6) is 5.75 Å². The minimum Gasteiger partial charge on any atom is -0.482 e. The molecule has 0 fully saturated rings. The lowest BCUT2D eigenvalue weighted by atomic mass is 10.3. The average molecular weight is 276 g/mol. The van der Waals surface area contributed by atoms with Crippen molar-refractivity contribution in [1.29, 1.82) is 0 Å². The van der Waals surface area contributed by atoms with E-state index in [1.54, 1.807) is 0 Å². The highest BCUT2D eigenvalue weighted by Gasteiger charge is 2.07. The Morgan fingerprint density at radius 2 is 2.17 bits per heavy atom. The van der Waals surface area contributed by atoms with E-state index in [4.69, 9.17) is 21.4 Å². The Morgan fingerprint density at radius 3 is 2.78 bits per heavy atom. The third-order valence-electron chi connectivity index (χ3n) is 1.91. The number of benzene rings is 1. The summed E-state index contributed by atoms with van der Waals surface area (Å²) in [6, 6.07) is 3.53. The lowest BCUT2D eigenvalue weighted by Gasteiger charge is -2.08. The molecule has 0 aliphatic rings. The highest BCUT2D eigenvalue weighted by atomic mass is 35.5. The molecule has 0 atom stereocenters. The summed E-state index contributed by atoms with van der Waals surface area (Å²) >= 11 is 5.68. The molecular weight excluding hydrogens is 265 g/mol. The summed E-state index contributed by atoms with van der Waals surface area (Å²) in [5.41, 5.74) is 0. The van der Waals surface area contributed by atoms with Gasteiger partial charge in [0.05, 0.1) is 11.4 Å². The van der Waals surface area contributed by atoms with Crippen molar-refractivity contribution in [3.8, 4) is 5.75 Å². The minimum atomic E-state index is -1.00. The fourth-order valence-corrected chi connectivity index (χ4v) is 1.32. The van der Waals surface area contributed by atoms with Crippen molar-refractivity contribution in [1.82, 2.24) is 5.32 Å². The average Bonchev–Trinajstić information content (AvgIpc) is 2.27. The summed E-state index contributed by atoms with van der Waals surface area (Å²) in [5.74, 6) is -1.79. The van der Waals surface area contributed by atoms with E-state index in [1.165, 1.54) is 6.07 Å². The van der Waals surface area contributed by atoms with E-state index in [-0.39, 0.29) is 30.3 Å². The SMILES string of the molecule is O=C(O)CCNC(=O)COc1ccc(F)cc1Cl. The molecule has 0 radical (unpaired) electrons. The van der Waals surface area contributed by atoms with Gasteiger partial charge in [0.2, 0.25) is 0 Å². The Morgan fingerprint density at radius 1 is 1.44 bits per heavy atom. The first-order valence-corrected chi connectivity index (χ1v) is 5.43. The number of carbonyl (C=O) groups is 2. The molecule has 0 aliphatic carbocycles. The first kappa shape index (κ1) is 14.2. The molecule has 0 heterocycles. The lowest BCUT2D eigenvalue weighted by molar-refractivity contribution is -0.137. The van der Waals surface area contributed by atoms with E-state index >= 15 is 0 Å². The Bertz CT molecular complexity index is 453. The predicted molar refractivity (Wildman–Crippen MR) is 62.2 cm³/mol. The Balaban J connectivity index is 2.36. The number of carboxylic acid groups (broad SMARTS) is 1. The van der Waals surface area contributed by atoms with Crippen LogP contribution in [-0.2, 0) is 9.59 Å². The monoisotopic (exact) mass is 275 g/mol. The van der Waals surface area contributed by atoms with Gasteiger partial charge in [-0.3, -0.25) is 9.59 Å². The number of hydrogen-bond donors (Lipinski definition) is 2. The molecular formula is C11H11ClFNO4. The molecule has 0 aliphatic heterocycles. The van der Waals surface area contributed by atoms with Crippen molar-refractivity contribution >= 4 is 23.5 Å². The fraction of sp³-hybridized carbons (Fsp3) is 0.273. The first-order chi connectivity index (χ1) is 8.49. The maximum Gasteiger partial charge on any atom is 0.305 e. The maximum atomic E-state index is 12.7. The van der Waals surface area contributed by atoms with Crippen molar-refractivity contribution in [2.75, 3.05) is 13.2 Å². The fourth-order valence-electron chi connectivity index (χ4n) is 1.10. The zero-order chi connectivity index (χ0) is 13.5. The van der Waals surface area contributed by atoms with Gasteiger partial charge in [0.25, 0.3) is 5.91 Å². The van der Waals surface area contributed by atoms with E-state index in [0.717, 1.165) is 12.1 Å². The molecule has 0 unspecified atom stereocenters. The van der Waals surface area contributed by atoms with Gasteiger partial charge in [-0.2, -0.15) is 0 Å². The summed E-state index contributed by atoms with van der Waals surface area (Å²) in [6.45, 7) is -0.292. The van der Waals surface area contributed by atoms with Crippen LogP contribution in [0, 0.1) is 5.82 Å². The van der Waals surface area contributed by atoms with Gasteiger partial charge >= 0.3 is 5.97 Å². The minimum absolute atomic E-state index is 0.0225. The largest absolute Gasteiger partial charge is 0.482 e. The van der Waals surface area contributed by atoms with Gasteiger partial charge in [-0.05, 0) is 18.2 Å². The summed E-state index contributed by atoms with van der Waals surface area (Å²) in [7, 11) is 0. The maximum absolute atomic E-state index is 12.7. The number of rotatable bonds is 6. The van der Waals surface area contributed by atoms with Crippen LogP contribution in [0.1, 0.15) is 6.42 Å². The van der Waals surface area contributed by atoms with Crippen LogP contribution in [0.2, 0.25) is 5.02 Å². The zero-order valence-electron chi connectivity index (χ0n) is 9.28.